The molecule has 0 aromatic carbocycles. The van der Waals surface area contributed by atoms with E-state index >= 15 is 0 Å². The number of aliphatic hydroxyl groups excluding tert-OH is 7. The van der Waals surface area contributed by atoms with Gasteiger partial charge in [-0.05, 0) is 116 Å². The highest BCUT2D eigenvalue weighted by Gasteiger charge is 2.47. The highest BCUT2D eigenvalue weighted by Crippen LogP contribution is 2.27. The molecule has 14 heteroatoms. The molecular formula is C71H114O14. The molecule has 7 N–H and O–H groups in total. The van der Waals surface area contributed by atoms with Gasteiger partial charge in [0.2, 0.25) is 0 Å². The zero-order valence-corrected chi connectivity index (χ0v) is 52.0. The zero-order valence-electron chi connectivity index (χ0n) is 52.0. The Kier molecular flexibility index (Phi) is 50.0. The summed E-state index contributed by atoms with van der Waals surface area (Å²) in [5, 5.41) is 72.6. The van der Waals surface area contributed by atoms with Crippen molar-refractivity contribution in [1.82, 2.24) is 0 Å². The minimum atomic E-state index is -1.72. The Bertz CT molecular complexity index is 1960. The van der Waals surface area contributed by atoms with E-state index in [2.05, 4.69) is 160 Å². The summed E-state index contributed by atoms with van der Waals surface area (Å²) in [5.41, 5.74) is 0. The Morgan fingerprint density at radius 3 is 1.14 bits per heavy atom. The van der Waals surface area contributed by atoms with Crippen molar-refractivity contribution in [2.45, 2.75) is 261 Å². The van der Waals surface area contributed by atoms with Crippen molar-refractivity contribution in [3.63, 3.8) is 0 Å². The van der Waals surface area contributed by atoms with Crippen LogP contribution in [0.3, 0.4) is 0 Å². The fourth-order valence-corrected chi connectivity index (χ4v) is 9.23. The van der Waals surface area contributed by atoms with Gasteiger partial charge in [-0.25, -0.2) is 0 Å². The molecule has 2 rings (SSSR count). The first-order valence-corrected chi connectivity index (χ1v) is 32.4. The summed E-state index contributed by atoms with van der Waals surface area (Å²) < 4.78 is 34.4. The number of allylic oxidation sites excluding steroid dienone is 24. The molecule has 0 amide bonds. The van der Waals surface area contributed by atoms with Gasteiger partial charge in [0.25, 0.3) is 0 Å². The van der Waals surface area contributed by atoms with E-state index in [0.717, 1.165) is 135 Å². The van der Waals surface area contributed by atoms with Gasteiger partial charge in [0.1, 0.15) is 54.9 Å². The van der Waals surface area contributed by atoms with Crippen LogP contribution in [0.25, 0.3) is 0 Å². The van der Waals surface area contributed by atoms with E-state index in [0.29, 0.717) is 13.0 Å². The van der Waals surface area contributed by atoms with Crippen LogP contribution in [0.15, 0.2) is 146 Å². The first kappa shape index (κ1) is 77.0. The van der Waals surface area contributed by atoms with Crippen LogP contribution in [0, 0.1) is 0 Å². The third-order valence-corrected chi connectivity index (χ3v) is 14.3. The van der Waals surface area contributed by atoms with Crippen LogP contribution in [0.1, 0.15) is 194 Å². The van der Waals surface area contributed by atoms with Crippen molar-refractivity contribution in [2.75, 3.05) is 33.0 Å². The highest BCUT2D eigenvalue weighted by molar-refractivity contribution is 5.69. The van der Waals surface area contributed by atoms with Crippen LogP contribution in [-0.2, 0) is 33.2 Å². The van der Waals surface area contributed by atoms with E-state index in [1.807, 2.05) is 0 Å². The van der Waals surface area contributed by atoms with E-state index in [4.69, 9.17) is 28.4 Å². The molecule has 14 nitrogen and oxygen atoms in total. The first-order valence-electron chi connectivity index (χ1n) is 32.4. The number of aliphatic hydroxyl groups is 7. The minimum Gasteiger partial charge on any atom is -0.457 e. The molecule has 482 valence electrons. The molecule has 2 aliphatic heterocycles. The lowest BCUT2D eigenvalue weighted by atomic mass is 9.98. The van der Waals surface area contributed by atoms with Gasteiger partial charge in [0.15, 0.2) is 12.6 Å². The molecule has 2 fully saturated rings. The monoisotopic (exact) mass is 1190 g/mol. The predicted octanol–water partition coefficient (Wildman–Crippen LogP) is 13.2. The molecule has 2 heterocycles. The molecule has 2 aliphatic rings. The second-order valence-electron chi connectivity index (χ2n) is 21.8. The summed E-state index contributed by atoms with van der Waals surface area (Å²) >= 11 is 0. The van der Waals surface area contributed by atoms with E-state index < -0.39 is 86.7 Å². The van der Waals surface area contributed by atoms with E-state index in [9.17, 15) is 40.5 Å². The molecule has 2 saturated heterocycles. The maximum absolute atomic E-state index is 13.1. The van der Waals surface area contributed by atoms with Crippen molar-refractivity contribution in [3.05, 3.63) is 146 Å². The molecule has 0 radical (unpaired) electrons. The zero-order chi connectivity index (χ0) is 61.5. The Hall–Kier alpha value is -4.13. The quantitative estimate of drug-likeness (QED) is 0.0172. The standard InChI is InChI=1S/C71H114O14/c1-3-5-7-9-11-13-15-17-19-21-23-25-27-29-31-33-35-37-39-41-43-45-47-49-51-53-55-80-57-60(58-81-70-69(79)67(77)65(75)62(85-70)59-82-71-68(78)66(76)64(74)61(56-72)84-71)83-63(73)54-52-50-48-46-44-42-40-38-36-34-32-30-28-26-24-22-20-18-16-14-12-10-8-6-4-2/h5-8,11-14,17-20,23-26,29-32,35,37,41,43,60-62,64-72,74-79H,3-4,9-10,15-16,21-22,27-28,33-34,36,38-40,42,44-59H2,1-2H3/b7-5-,8-6-,13-11-,14-12-,19-17-,20-18-,25-23-,26-24-,31-29-,32-30-,37-35-,43-41-. The second kappa shape index (κ2) is 55.2. The summed E-state index contributed by atoms with van der Waals surface area (Å²) in [6.07, 6.45) is 64.7. The third kappa shape index (κ3) is 40.9. The number of carbonyl (C=O) groups excluding carboxylic acids is 1. The smallest absolute Gasteiger partial charge is 0.306 e. The average Bonchev–Trinajstić information content (AvgIpc) is 2.82. The molecule has 0 saturated carbocycles. The molecule has 0 aliphatic carbocycles. The van der Waals surface area contributed by atoms with E-state index in [-0.39, 0.29) is 19.6 Å². The Morgan fingerprint density at radius 1 is 0.388 bits per heavy atom. The number of unbranched alkanes of at least 4 members (excludes halogenated alkanes) is 13. The summed E-state index contributed by atoms with van der Waals surface area (Å²) in [6, 6.07) is 0. The van der Waals surface area contributed by atoms with Crippen LogP contribution in [0.2, 0.25) is 0 Å². The number of hydrogen-bond donors (Lipinski definition) is 7. The minimum absolute atomic E-state index is 0.0308. The largest absolute Gasteiger partial charge is 0.457 e. The molecule has 11 atom stereocenters. The number of carbonyl (C=O) groups is 1. The van der Waals surface area contributed by atoms with E-state index in [1.165, 1.54) is 32.1 Å². The highest BCUT2D eigenvalue weighted by atomic mass is 16.7. The Morgan fingerprint density at radius 2 is 0.729 bits per heavy atom. The molecule has 0 bridgehead atoms. The van der Waals surface area contributed by atoms with Gasteiger partial charge in [0, 0.05) is 13.0 Å². The van der Waals surface area contributed by atoms with Crippen LogP contribution in [-0.4, -0.2) is 142 Å². The predicted molar refractivity (Wildman–Crippen MR) is 343 cm³/mol. The first-order chi connectivity index (χ1) is 41.6. The molecule has 11 unspecified atom stereocenters. The number of hydrogen-bond acceptors (Lipinski definition) is 14. The molecule has 85 heavy (non-hydrogen) atoms. The SMILES string of the molecule is CC/C=C\C/C=C\C/C=C\C/C=C\C/C=C\C/C=C\C/C=C\CCCCCCOCC(COC1OC(COC2OC(CO)C(O)C(O)C2O)C(O)C(O)C1O)OC(=O)CCCCCCCCCCC/C=C\C/C=C\C/C=C\C/C=C\C/C=C\CC. The average molecular weight is 1190 g/mol. The normalized spacial score (nSPS) is 24.2. The Balaban J connectivity index is 1.70. The fraction of sp³-hybridized carbons (Fsp3) is 0.648. The van der Waals surface area contributed by atoms with Gasteiger partial charge in [-0.3, -0.25) is 4.79 Å². The van der Waals surface area contributed by atoms with Crippen LogP contribution >= 0.6 is 0 Å². The van der Waals surface area contributed by atoms with E-state index in [1.54, 1.807) is 0 Å². The van der Waals surface area contributed by atoms with Crippen molar-refractivity contribution in [2.24, 2.45) is 0 Å². The van der Waals surface area contributed by atoms with Crippen molar-refractivity contribution in [1.29, 1.82) is 0 Å². The lowest BCUT2D eigenvalue weighted by molar-refractivity contribution is -0.332. The van der Waals surface area contributed by atoms with Gasteiger partial charge in [-0.2, -0.15) is 0 Å². The molecular weight excluding hydrogens is 1080 g/mol. The van der Waals surface area contributed by atoms with Gasteiger partial charge in [0.05, 0.1) is 26.4 Å². The van der Waals surface area contributed by atoms with Crippen molar-refractivity contribution in [3.8, 4) is 0 Å². The third-order valence-electron chi connectivity index (χ3n) is 14.3. The fourth-order valence-electron chi connectivity index (χ4n) is 9.23. The summed E-state index contributed by atoms with van der Waals surface area (Å²) in [4.78, 5) is 13.1. The topological polar surface area (TPSA) is 214 Å². The number of rotatable bonds is 51. The molecule has 0 spiro atoms. The number of ether oxygens (including phenoxy) is 6. The number of esters is 1. The lowest BCUT2D eigenvalue weighted by Crippen LogP contribution is -2.61. The summed E-state index contributed by atoms with van der Waals surface area (Å²) in [6.45, 7) is 3.37. The van der Waals surface area contributed by atoms with Crippen molar-refractivity contribution < 1.29 is 69.0 Å². The summed E-state index contributed by atoms with van der Waals surface area (Å²) in [5.74, 6) is -0.398. The second-order valence-corrected chi connectivity index (χ2v) is 21.8. The van der Waals surface area contributed by atoms with Crippen LogP contribution in [0.4, 0.5) is 0 Å². The maximum Gasteiger partial charge on any atom is 0.306 e. The van der Waals surface area contributed by atoms with Crippen molar-refractivity contribution >= 4 is 5.97 Å². The van der Waals surface area contributed by atoms with Gasteiger partial charge >= 0.3 is 5.97 Å². The van der Waals surface area contributed by atoms with Gasteiger partial charge in [-0.1, -0.05) is 217 Å². The van der Waals surface area contributed by atoms with Crippen LogP contribution < -0.4 is 0 Å². The Labute approximate surface area is 512 Å². The molecule has 0 aromatic heterocycles. The molecule has 0 aromatic rings. The summed E-state index contributed by atoms with van der Waals surface area (Å²) in [7, 11) is 0. The van der Waals surface area contributed by atoms with Gasteiger partial charge in [-0.15, -0.1) is 0 Å². The van der Waals surface area contributed by atoms with Gasteiger partial charge < -0.3 is 64.2 Å². The van der Waals surface area contributed by atoms with Crippen LogP contribution in [0.5, 0.6) is 0 Å². The maximum atomic E-state index is 13.1. The lowest BCUT2D eigenvalue weighted by Gasteiger charge is -2.42.